The van der Waals surface area contributed by atoms with Gasteiger partial charge in [-0.1, -0.05) is 33.7 Å². The molecular weight excluding hydrogens is 419 g/mol. The van der Waals surface area contributed by atoms with E-state index in [0.717, 1.165) is 0 Å². The summed E-state index contributed by atoms with van der Waals surface area (Å²) in [5.41, 5.74) is -0.237. The molecule has 2 amide bonds. The Morgan fingerprint density at radius 2 is 1.90 bits per heavy atom. The van der Waals surface area contributed by atoms with Gasteiger partial charge in [0.1, 0.15) is 11.4 Å². The van der Waals surface area contributed by atoms with Gasteiger partial charge in [0, 0.05) is 18.1 Å². The number of nitrogens with one attached hydrogen (secondary N) is 2. The van der Waals surface area contributed by atoms with Crippen molar-refractivity contribution in [2.75, 3.05) is 18.1 Å². The van der Waals surface area contributed by atoms with Crippen molar-refractivity contribution < 1.29 is 28.6 Å². The number of amides is 2. The maximum atomic E-state index is 13.6. The molecule has 0 aromatic heterocycles. The van der Waals surface area contributed by atoms with Crippen LogP contribution in [0.5, 0.6) is 0 Å². The summed E-state index contributed by atoms with van der Waals surface area (Å²) in [5, 5.41) is 13.9. The lowest BCUT2D eigenvalue weighted by atomic mass is 10.0. The molecule has 0 saturated heterocycles. The van der Waals surface area contributed by atoms with Crippen LogP contribution in [0.2, 0.25) is 0 Å². The third-order valence-corrected chi connectivity index (χ3v) is 5.73. The SMILES string of the molecule is CC(C)(C)OC(=O)N[C@H](CC(=O)NCCSSCCC(=O)O)c1cccc(F)c1. The molecule has 0 saturated carbocycles. The first-order chi connectivity index (χ1) is 13.6. The van der Waals surface area contributed by atoms with Gasteiger partial charge in [-0.15, -0.1) is 0 Å². The van der Waals surface area contributed by atoms with Crippen molar-refractivity contribution in [3.05, 3.63) is 35.6 Å². The lowest BCUT2D eigenvalue weighted by Gasteiger charge is -2.24. The maximum absolute atomic E-state index is 13.6. The molecule has 29 heavy (non-hydrogen) atoms. The van der Waals surface area contributed by atoms with Crippen molar-refractivity contribution in [3.63, 3.8) is 0 Å². The molecule has 0 unspecified atom stereocenters. The predicted molar refractivity (Wildman–Crippen MR) is 113 cm³/mol. The molecule has 0 aliphatic carbocycles. The number of benzene rings is 1. The third-order valence-electron chi connectivity index (χ3n) is 3.32. The van der Waals surface area contributed by atoms with E-state index in [0.29, 0.717) is 23.6 Å². The van der Waals surface area contributed by atoms with Crippen molar-refractivity contribution in [1.82, 2.24) is 10.6 Å². The Labute approximate surface area is 177 Å². The van der Waals surface area contributed by atoms with E-state index < -0.39 is 29.5 Å². The molecule has 1 aromatic rings. The second-order valence-electron chi connectivity index (χ2n) is 7.10. The van der Waals surface area contributed by atoms with Crippen LogP contribution >= 0.6 is 21.6 Å². The molecule has 1 aromatic carbocycles. The second-order valence-corrected chi connectivity index (χ2v) is 9.80. The zero-order valence-electron chi connectivity index (χ0n) is 16.7. The fourth-order valence-electron chi connectivity index (χ4n) is 2.16. The van der Waals surface area contributed by atoms with Gasteiger partial charge >= 0.3 is 12.1 Å². The van der Waals surface area contributed by atoms with Gasteiger partial charge in [0.25, 0.3) is 0 Å². The van der Waals surface area contributed by atoms with Crippen molar-refractivity contribution in [2.45, 2.75) is 45.3 Å². The average Bonchev–Trinajstić information content (AvgIpc) is 2.58. The molecule has 1 atom stereocenters. The van der Waals surface area contributed by atoms with Crippen LogP contribution in [-0.4, -0.2) is 46.7 Å². The molecule has 3 N–H and O–H groups in total. The van der Waals surface area contributed by atoms with E-state index in [4.69, 9.17) is 9.84 Å². The van der Waals surface area contributed by atoms with Crippen LogP contribution in [0.25, 0.3) is 0 Å². The first-order valence-corrected chi connectivity index (χ1v) is 11.5. The van der Waals surface area contributed by atoms with Crippen molar-refractivity contribution >= 4 is 39.6 Å². The Hall–Kier alpha value is -1.94. The Bertz CT molecular complexity index is 697. The largest absolute Gasteiger partial charge is 0.481 e. The smallest absolute Gasteiger partial charge is 0.408 e. The second kappa shape index (κ2) is 12.6. The number of alkyl carbamates (subject to hydrolysis) is 1. The minimum absolute atomic E-state index is 0.0699. The molecule has 0 aliphatic rings. The summed E-state index contributed by atoms with van der Waals surface area (Å²) in [5.74, 6) is -0.498. The highest BCUT2D eigenvalue weighted by molar-refractivity contribution is 8.76. The normalized spacial score (nSPS) is 12.1. The lowest BCUT2D eigenvalue weighted by molar-refractivity contribution is -0.136. The van der Waals surface area contributed by atoms with Crippen LogP contribution < -0.4 is 10.6 Å². The van der Waals surface area contributed by atoms with E-state index in [1.807, 2.05) is 0 Å². The molecule has 0 fully saturated rings. The summed E-state index contributed by atoms with van der Waals surface area (Å²) < 4.78 is 18.8. The van der Waals surface area contributed by atoms with Gasteiger partial charge in [0.15, 0.2) is 0 Å². The van der Waals surface area contributed by atoms with Crippen LogP contribution in [0, 0.1) is 5.82 Å². The van der Waals surface area contributed by atoms with E-state index in [2.05, 4.69) is 10.6 Å². The highest BCUT2D eigenvalue weighted by Crippen LogP contribution is 2.21. The molecule has 10 heteroatoms. The minimum atomic E-state index is -0.840. The monoisotopic (exact) mass is 446 g/mol. The number of ether oxygens (including phenoxy) is 1. The zero-order valence-corrected chi connectivity index (χ0v) is 18.3. The predicted octanol–water partition coefficient (Wildman–Crippen LogP) is 3.75. The standard InChI is InChI=1S/C19H27FN2O5S2/c1-19(2,3)27-18(26)22-15(13-5-4-6-14(20)11-13)12-16(23)21-8-10-29-28-9-7-17(24)25/h4-6,11,15H,7-10,12H2,1-3H3,(H,21,23)(H,22,26)(H,24,25)/t15-/m1/s1. The number of carboxylic acids is 1. The van der Waals surface area contributed by atoms with E-state index >= 15 is 0 Å². The summed E-state index contributed by atoms with van der Waals surface area (Å²) in [4.78, 5) is 34.8. The van der Waals surface area contributed by atoms with Gasteiger partial charge in [-0.05, 0) is 38.5 Å². The number of carbonyl (C=O) groups excluding carboxylic acids is 2. The van der Waals surface area contributed by atoms with E-state index in [1.54, 1.807) is 26.8 Å². The first-order valence-electron chi connectivity index (χ1n) is 9.04. The molecule has 0 heterocycles. The van der Waals surface area contributed by atoms with Gasteiger partial charge < -0.3 is 20.5 Å². The molecular formula is C19H27FN2O5S2. The van der Waals surface area contributed by atoms with Crippen LogP contribution in [0.1, 0.15) is 45.2 Å². The highest BCUT2D eigenvalue weighted by Gasteiger charge is 2.23. The molecule has 0 radical (unpaired) electrons. The number of carboxylic acid groups (broad SMARTS) is 1. The Morgan fingerprint density at radius 1 is 1.21 bits per heavy atom. The first kappa shape index (κ1) is 25.1. The number of rotatable bonds is 11. The summed E-state index contributed by atoms with van der Waals surface area (Å²) in [7, 11) is 2.90. The Morgan fingerprint density at radius 3 is 2.52 bits per heavy atom. The molecule has 0 spiro atoms. The number of carbonyl (C=O) groups is 3. The minimum Gasteiger partial charge on any atom is -0.481 e. The number of hydrogen-bond acceptors (Lipinski definition) is 6. The fourth-order valence-corrected chi connectivity index (χ4v) is 4.05. The molecule has 0 aliphatic heterocycles. The van der Waals surface area contributed by atoms with Gasteiger partial charge in [-0.25, -0.2) is 9.18 Å². The number of halogens is 1. The summed E-state index contributed by atoms with van der Waals surface area (Å²) in [6.45, 7) is 5.57. The quantitative estimate of drug-likeness (QED) is 0.351. The van der Waals surface area contributed by atoms with Crippen LogP contribution in [0.4, 0.5) is 9.18 Å². The van der Waals surface area contributed by atoms with E-state index in [1.165, 1.54) is 39.8 Å². The highest BCUT2D eigenvalue weighted by atomic mass is 33.1. The van der Waals surface area contributed by atoms with Gasteiger partial charge in [-0.3, -0.25) is 9.59 Å². The van der Waals surface area contributed by atoms with Gasteiger partial charge in [0.05, 0.1) is 18.9 Å². The van der Waals surface area contributed by atoms with Crippen molar-refractivity contribution in [1.29, 1.82) is 0 Å². The molecule has 1 rings (SSSR count). The lowest BCUT2D eigenvalue weighted by Crippen LogP contribution is -2.37. The Kier molecular flexibility index (Phi) is 10.9. The summed E-state index contributed by atoms with van der Waals surface area (Å²) in [6, 6.07) is 4.96. The van der Waals surface area contributed by atoms with Crippen molar-refractivity contribution in [3.8, 4) is 0 Å². The topological polar surface area (TPSA) is 105 Å². The van der Waals surface area contributed by atoms with Crippen LogP contribution in [0.3, 0.4) is 0 Å². The average molecular weight is 447 g/mol. The summed E-state index contributed by atoms with van der Waals surface area (Å²) >= 11 is 0. The maximum Gasteiger partial charge on any atom is 0.408 e. The third kappa shape index (κ3) is 12.3. The number of aliphatic carboxylic acids is 1. The zero-order chi connectivity index (χ0) is 21.9. The van der Waals surface area contributed by atoms with Crippen LogP contribution in [-0.2, 0) is 14.3 Å². The van der Waals surface area contributed by atoms with Crippen molar-refractivity contribution in [2.24, 2.45) is 0 Å². The van der Waals surface area contributed by atoms with Crippen LogP contribution in [0.15, 0.2) is 24.3 Å². The Balaban J connectivity index is 2.55. The molecule has 162 valence electrons. The molecule has 7 nitrogen and oxygen atoms in total. The van der Waals surface area contributed by atoms with E-state index in [9.17, 15) is 18.8 Å². The summed E-state index contributed by atoms with van der Waals surface area (Å²) in [6.07, 6.45) is -0.667. The van der Waals surface area contributed by atoms with Gasteiger partial charge in [-0.2, -0.15) is 0 Å². The van der Waals surface area contributed by atoms with E-state index in [-0.39, 0.29) is 18.7 Å². The number of hydrogen-bond donors (Lipinski definition) is 3. The molecule has 0 bridgehead atoms. The fraction of sp³-hybridized carbons (Fsp3) is 0.526. The van der Waals surface area contributed by atoms with Gasteiger partial charge in [0.2, 0.25) is 5.91 Å².